The molecule has 0 radical (unpaired) electrons. The van der Waals surface area contributed by atoms with Gasteiger partial charge in [-0.3, -0.25) is 4.79 Å². The van der Waals surface area contributed by atoms with Crippen molar-refractivity contribution < 1.29 is 14.6 Å². The van der Waals surface area contributed by atoms with Gasteiger partial charge >= 0.3 is 5.97 Å². The zero-order valence-corrected chi connectivity index (χ0v) is 15.9. The lowest BCUT2D eigenvalue weighted by atomic mass is 9.81. The lowest BCUT2D eigenvalue weighted by molar-refractivity contribution is -0.143. The molecule has 0 amide bonds. The van der Waals surface area contributed by atoms with Crippen LogP contribution in [0.3, 0.4) is 0 Å². The molecule has 0 atom stereocenters. The Morgan fingerprint density at radius 2 is 1.83 bits per heavy atom. The molecule has 136 valence electrons. The number of carbonyl (C=O) groups is 1. The van der Waals surface area contributed by atoms with E-state index in [9.17, 15) is 9.90 Å². The fourth-order valence-electron chi connectivity index (χ4n) is 2.68. The van der Waals surface area contributed by atoms with Crippen molar-refractivity contribution in [3.63, 3.8) is 0 Å². The Kier molecular flexibility index (Phi) is 8.88. The van der Waals surface area contributed by atoms with Crippen LogP contribution < -0.4 is 0 Å². The Morgan fingerprint density at radius 1 is 1.12 bits per heavy atom. The van der Waals surface area contributed by atoms with Gasteiger partial charge in [-0.05, 0) is 41.9 Å². The molecule has 1 rings (SSSR count). The molecule has 0 aliphatic heterocycles. The first-order valence-corrected chi connectivity index (χ1v) is 9.38. The topological polar surface area (TPSA) is 46.5 Å². The Balaban J connectivity index is 2.42. The third-order valence-corrected chi connectivity index (χ3v) is 4.80. The Bertz CT molecular complexity index is 506. The zero-order chi connectivity index (χ0) is 18.0. The number of hydrogen-bond acceptors (Lipinski definition) is 3. The van der Waals surface area contributed by atoms with Gasteiger partial charge in [0.25, 0.3) is 0 Å². The number of rotatable bonds is 11. The Labute approximate surface area is 147 Å². The molecule has 0 aliphatic carbocycles. The van der Waals surface area contributed by atoms with Crippen molar-refractivity contribution in [2.75, 3.05) is 6.61 Å². The fourth-order valence-corrected chi connectivity index (χ4v) is 2.68. The van der Waals surface area contributed by atoms with Crippen LogP contribution in [0.1, 0.15) is 83.8 Å². The van der Waals surface area contributed by atoms with E-state index in [4.69, 9.17) is 4.74 Å². The normalized spacial score (nSPS) is 11.5. The first-order chi connectivity index (χ1) is 11.4. The molecule has 0 spiro atoms. The summed E-state index contributed by atoms with van der Waals surface area (Å²) in [6, 6.07) is 5.65. The molecule has 24 heavy (non-hydrogen) atoms. The van der Waals surface area contributed by atoms with Crippen molar-refractivity contribution in [3.05, 3.63) is 29.3 Å². The summed E-state index contributed by atoms with van der Waals surface area (Å²) in [6.07, 6.45) is 7.79. The maximum absolute atomic E-state index is 11.8. The van der Waals surface area contributed by atoms with Crippen molar-refractivity contribution in [1.29, 1.82) is 0 Å². The predicted octanol–water partition coefficient (Wildman–Crippen LogP) is 5.53. The van der Waals surface area contributed by atoms with Gasteiger partial charge in [-0.15, -0.1) is 0 Å². The highest BCUT2D eigenvalue weighted by atomic mass is 16.5. The van der Waals surface area contributed by atoms with E-state index < -0.39 is 0 Å². The van der Waals surface area contributed by atoms with Gasteiger partial charge in [0.15, 0.2) is 0 Å². The summed E-state index contributed by atoms with van der Waals surface area (Å²) >= 11 is 0. The highest BCUT2D eigenvalue weighted by Crippen LogP contribution is 2.34. The molecule has 1 aromatic carbocycles. The quantitative estimate of drug-likeness (QED) is 0.428. The molecule has 0 aliphatic rings. The second-order valence-corrected chi connectivity index (χ2v) is 7.22. The maximum Gasteiger partial charge on any atom is 0.306 e. The van der Waals surface area contributed by atoms with E-state index in [1.54, 1.807) is 6.07 Å². The average molecular weight is 335 g/mol. The molecular formula is C21H34O3. The third kappa shape index (κ3) is 6.94. The van der Waals surface area contributed by atoms with Crippen LogP contribution in [-0.4, -0.2) is 17.7 Å². The van der Waals surface area contributed by atoms with Crippen LogP contribution in [0.5, 0.6) is 5.75 Å². The number of ether oxygens (including phenoxy) is 1. The number of benzene rings is 1. The van der Waals surface area contributed by atoms with Gasteiger partial charge < -0.3 is 9.84 Å². The van der Waals surface area contributed by atoms with Crippen LogP contribution >= 0.6 is 0 Å². The molecule has 0 fully saturated rings. The van der Waals surface area contributed by atoms with Gasteiger partial charge in [0.05, 0.1) is 6.61 Å². The van der Waals surface area contributed by atoms with Crippen LogP contribution in [0.25, 0.3) is 0 Å². The molecule has 0 saturated heterocycles. The molecule has 1 N–H and O–H groups in total. The lowest BCUT2D eigenvalue weighted by Crippen LogP contribution is -2.16. The van der Waals surface area contributed by atoms with E-state index in [2.05, 4.69) is 27.7 Å². The molecule has 0 saturated carbocycles. The monoisotopic (exact) mass is 334 g/mol. The lowest BCUT2D eigenvalue weighted by Gasteiger charge is -2.25. The average Bonchev–Trinajstić information content (AvgIpc) is 2.57. The summed E-state index contributed by atoms with van der Waals surface area (Å²) < 4.78 is 5.30. The van der Waals surface area contributed by atoms with Gasteiger partial charge in [0, 0.05) is 6.42 Å². The van der Waals surface area contributed by atoms with Crippen molar-refractivity contribution in [3.8, 4) is 5.75 Å². The number of aryl methyl sites for hydroxylation is 1. The highest BCUT2D eigenvalue weighted by molar-refractivity contribution is 5.69. The number of phenolic OH excluding ortho intramolecular Hbond substituents is 1. The van der Waals surface area contributed by atoms with E-state index in [1.807, 2.05) is 12.1 Å². The van der Waals surface area contributed by atoms with E-state index in [0.717, 1.165) is 30.4 Å². The maximum atomic E-state index is 11.8. The predicted molar refractivity (Wildman–Crippen MR) is 99.5 cm³/mol. The molecule has 0 heterocycles. The SMILES string of the molecule is CCCCCCCOC(=O)CCc1ccc(O)c(C(C)(C)CC)c1. The summed E-state index contributed by atoms with van der Waals surface area (Å²) in [5, 5.41) is 10.1. The smallest absolute Gasteiger partial charge is 0.306 e. The van der Waals surface area contributed by atoms with E-state index in [-0.39, 0.29) is 11.4 Å². The van der Waals surface area contributed by atoms with Crippen molar-refractivity contribution in [2.24, 2.45) is 0 Å². The Morgan fingerprint density at radius 3 is 2.50 bits per heavy atom. The zero-order valence-electron chi connectivity index (χ0n) is 15.9. The van der Waals surface area contributed by atoms with Crippen LogP contribution in [0.4, 0.5) is 0 Å². The van der Waals surface area contributed by atoms with E-state index in [1.165, 1.54) is 19.3 Å². The van der Waals surface area contributed by atoms with E-state index >= 15 is 0 Å². The first kappa shape index (κ1) is 20.5. The number of phenols is 1. The van der Waals surface area contributed by atoms with Gasteiger partial charge in [0.1, 0.15) is 5.75 Å². The van der Waals surface area contributed by atoms with E-state index in [0.29, 0.717) is 25.2 Å². The summed E-state index contributed by atoms with van der Waals surface area (Å²) in [5.41, 5.74) is 1.95. The minimum absolute atomic E-state index is 0.0703. The molecule has 0 unspecified atom stereocenters. The van der Waals surface area contributed by atoms with Crippen LogP contribution in [0.2, 0.25) is 0 Å². The first-order valence-electron chi connectivity index (χ1n) is 9.38. The minimum atomic E-state index is -0.130. The van der Waals surface area contributed by atoms with Gasteiger partial charge in [0.2, 0.25) is 0 Å². The number of esters is 1. The van der Waals surface area contributed by atoms with Crippen LogP contribution in [0.15, 0.2) is 18.2 Å². The second kappa shape index (κ2) is 10.4. The number of carbonyl (C=O) groups excluding carboxylic acids is 1. The van der Waals surface area contributed by atoms with Crippen molar-refractivity contribution >= 4 is 5.97 Å². The minimum Gasteiger partial charge on any atom is -0.508 e. The Hall–Kier alpha value is -1.51. The summed E-state index contributed by atoms with van der Waals surface area (Å²) in [4.78, 5) is 11.8. The summed E-state index contributed by atoms with van der Waals surface area (Å²) in [5.74, 6) is 0.204. The van der Waals surface area contributed by atoms with Gasteiger partial charge in [-0.1, -0.05) is 65.5 Å². The number of aromatic hydroxyl groups is 1. The summed E-state index contributed by atoms with van der Waals surface area (Å²) in [6.45, 7) is 9.09. The standard InChI is InChI=1S/C21H34O3/c1-5-7-8-9-10-15-24-20(23)14-12-17-11-13-19(22)18(16-17)21(3,4)6-2/h11,13,16,22H,5-10,12,14-15H2,1-4H3. The van der Waals surface area contributed by atoms with Crippen molar-refractivity contribution in [1.82, 2.24) is 0 Å². The van der Waals surface area contributed by atoms with Crippen LogP contribution in [-0.2, 0) is 21.4 Å². The molecule has 0 aromatic heterocycles. The molecular weight excluding hydrogens is 300 g/mol. The molecule has 3 heteroatoms. The summed E-state index contributed by atoms with van der Waals surface area (Å²) in [7, 11) is 0. The van der Waals surface area contributed by atoms with Crippen LogP contribution in [0, 0.1) is 0 Å². The number of unbranched alkanes of at least 4 members (excludes halogenated alkanes) is 4. The fraction of sp³-hybridized carbons (Fsp3) is 0.667. The molecule has 0 bridgehead atoms. The highest BCUT2D eigenvalue weighted by Gasteiger charge is 2.22. The van der Waals surface area contributed by atoms with Gasteiger partial charge in [-0.2, -0.15) is 0 Å². The third-order valence-electron chi connectivity index (χ3n) is 4.80. The largest absolute Gasteiger partial charge is 0.508 e. The molecule has 1 aromatic rings. The molecule has 3 nitrogen and oxygen atoms in total. The van der Waals surface area contributed by atoms with Crippen molar-refractivity contribution in [2.45, 2.75) is 84.5 Å². The second-order valence-electron chi connectivity index (χ2n) is 7.22. The van der Waals surface area contributed by atoms with Gasteiger partial charge in [-0.25, -0.2) is 0 Å². The number of hydrogen-bond donors (Lipinski definition) is 1.